The van der Waals surface area contributed by atoms with E-state index < -0.39 is 101 Å². The number of halogens is 1. The van der Waals surface area contributed by atoms with Gasteiger partial charge in [0.25, 0.3) is 17.7 Å². The lowest BCUT2D eigenvalue weighted by molar-refractivity contribution is -0.132. The number of Topliss-reactive ketones (excluding diaryl/α,β-unsaturated/α-hetero) is 5. The summed E-state index contributed by atoms with van der Waals surface area (Å²) in [5.41, 5.74) is 2.51. The van der Waals surface area contributed by atoms with Crippen LogP contribution in [0.2, 0.25) is 0 Å². The molecule has 1 unspecified atom stereocenters. The van der Waals surface area contributed by atoms with Crippen LogP contribution in [0.3, 0.4) is 0 Å². The lowest BCUT2D eigenvalue weighted by Gasteiger charge is -2.27. The van der Waals surface area contributed by atoms with Crippen molar-refractivity contribution in [2.75, 3.05) is 0 Å². The Morgan fingerprint density at radius 1 is 0.414 bits per heavy atom. The standard InChI is InChI=1S/C34H40N4O5.C33H38N4O5.C29H37FN4O6.8H2S/c1-22(2)16-26(33(42)37-27(21-39)17-25-9-4-6-13-31(25)40)19-32(41)29(38-34(43)30-20-35-14-15-36-30)18-24-11-7-10-23-8-3-5-12-28(23)24;1-21(2)15-25(32(41)36-26(20-38)16-24-10-6-12-30(24)39)18-31(40)28(37-33(42)29-19-34-13-14-35-29)17-23-9-5-8-22-7-3-4-11-27(22)23;1-17(2)12-23(27(37)31-22(16-35)15-20-6-4-5-7-26(20)36)32-28(38)24(14-19-8-10-21(30)11-9-19)33-29(39)25-13-18(3)40-34-25;;;;;;;;/h3,5,7-8,10-12,14-15,20-22,25-27,29H,4,6,9,13,16-19H2,1-2H3,(H,37,42)(H,38,43);3-5,7-9,11,13-14,19-21,24-26,28H,6,10,12,15-18H2,1-2H3,(H,36,41)(H,37,42);8-11,13,16-17,20,22-24H,4-7,12,14-15H2,1-3H3,(H,31,37)(H,32,38)(H,33,39);8*1H2/t25-,26+,27-,29-;24-,25+,26-,28-;20-,22?,23-,24-;;;;;;;;/m000......../s1. The number of benzene rings is 5. The number of aromatic nitrogens is 5. The predicted octanol–water partition coefficient (Wildman–Crippen LogP) is 12.2. The second-order valence-electron chi connectivity index (χ2n) is 34.1. The molecule has 28 nitrogen and oxygen atoms in total. The Morgan fingerprint density at radius 3 is 1.17 bits per heavy atom. The van der Waals surface area contributed by atoms with Gasteiger partial charge in [-0.1, -0.05) is 157 Å². The Morgan fingerprint density at radius 2 is 0.789 bits per heavy atom. The molecular weight excluding hydrogens is 1850 g/mol. The zero-order valence-corrected chi connectivity index (χ0v) is 84.0. The lowest BCUT2D eigenvalue weighted by atomic mass is 9.83. The fraction of sp³-hybridized carbons (Fsp3) is 0.458. The van der Waals surface area contributed by atoms with Gasteiger partial charge in [-0.05, 0) is 152 Å². The summed E-state index contributed by atoms with van der Waals surface area (Å²) >= 11 is 0. The first-order valence-corrected chi connectivity index (χ1v) is 43.3. The van der Waals surface area contributed by atoms with Gasteiger partial charge in [0.05, 0.1) is 42.6 Å². The number of nitrogens with one attached hydrogen (secondary N) is 7. The molecule has 3 fully saturated rings. The maximum Gasteiger partial charge on any atom is 0.274 e. The Kier molecular flexibility index (Phi) is 56.7. The highest BCUT2D eigenvalue weighted by molar-refractivity contribution is 7.60. The highest BCUT2D eigenvalue weighted by atomic mass is 32.1. The summed E-state index contributed by atoms with van der Waals surface area (Å²) < 4.78 is 18.4. The van der Waals surface area contributed by atoms with Gasteiger partial charge in [0.1, 0.15) is 71.3 Å². The van der Waals surface area contributed by atoms with E-state index in [9.17, 15) is 76.3 Å². The number of hydrogen-bond donors (Lipinski definition) is 7. The van der Waals surface area contributed by atoms with E-state index in [1.54, 1.807) is 6.92 Å². The monoisotopic (exact) mass is 1980 g/mol. The molecule has 0 saturated heterocycles. The van der Waals surface area contributed by atoms with E-state index in [2.05, 4.69) is 62.3 Å². The van der Waals surface area contributed by atoms with Crippen molar-refractivity contribution in [2.24, 2.45) is 47.3 Å². The normalized spacial score (nSPS) is 16.2. The van der Waals surface area contributed by atoms with Crippen LogP contribution in [0.25, 0.3) is 21.5 Å². The first-order valence-electron chi connectivity index (χ1n) is 43.3. The van der Waals surface area contributed by atoms with Crippen LogP contribution < -0.4 is 37.2 Å². The lowest BCUT2D eigenvalue weighted by Crippen LogP contribution is -2.56. The van der Waals surface area contributed by atoms with Gasteiger partial charge in [-0.3, -0.25) is 67.5 Å². The van der Waals surface area contributed by atoms with Crippen LogP contribution in [0.15, 0.2) is 157 Å². The average molecular weight is 1980 g/mol. The molecule has 0 bridgehead atoms. The summed E-state index contributed by atoms with van der Waals surface area (Å²) in [5, 5.41) is 26.9. The van der Waals surface area contributed by atoms with Crippen molar-refractivity contribution < 1.29 is 80.8 Å². The van der Waals surface area contributed by atoms with Crippen LogP contribution >= 0.6 is 108 Å². The highest BCUT2D eigenvalue weighted by Gasteiger charge is 2.37. The summed E-state index contributed by atoms with van der Waals surface area (Å²) in [6, 6.07) is 27.8. The Bertz CT molecular complexity index is 5080. The van der Waals surface area contributed by atoms with E-state index in [-0.39, 0.29) is 247 Å². The second kappa shape index (κ2) is 62.1. The Hall–Kier alpha value is -9.63. The van der Waals surface area contributed by atoms with Crippen LogP contribution in [0.5, 0.6) is 0 Å². The predicted molar refractivity (Wildman–Crippen MR) is 548 cm³/mol. The molecule has 133 heavy (non-hydrogen) atoms. The number of ketones is 5. The van der Waals surface area contributed by atoms with Crippen molar-refractivity contribution in [1.29, 1.82) is 0 Å². The molecule has 0 aliphatic heterocycles. The number of amides is 7. The zero-order valence-electron chi connectivity index (χ0n) is 76.0. The van der Waals surface area contributed by atoms with E-state index in [0.29, 0.717) is 81.5 Å². The molecule has 11 rings (SSSR count). The van der Waals surface area contributed by atoms with Crippen molar-refractivity contribution >= 4 is 219 Å². The third-order valence-electron chi connectivity index (χ3n) is 22.8. The molecule has 726 valence electrons. The molecule has 7 N–H and O–H groups in total. The maximum absolute atomic E-state index is 13.9. The molecule has 0 spiro atoms. The molecule has 37 heteroatoms. The van der Waals surface area contributed by atoms with Crippen molar-refractivity contribution in [1.82, 2.24) is 62.3 Å². The molecule has 12 atom stereocenters. The third kappa shape index (κ3) is 38.9. The molecule has 3 heterocycles. The van der Waals surface area contributed by atoms with E-state index in [1.807, 2.05) is 126 Å². The molecule has 8 aromatic rings. The van der Waals surface area contributed by atoms with Gasteiger partial charge < -0.3 is 56.1 Å². The minimum absolute atomic E-state index is 0. The first kappa shape index (κ1) is 121. The number of hydrogen-bond acceptors (Lipinski definition) is 21. The molecule has 3 aromatic heterocycles. The van der Waals surface area contributed by atoms with E-state index >= 15 is 0 Å². The van der Waals surface area contributed by atoms with Gasteiger partial charge in [-0.2, -0.15) is 108 Å². The van der Waals surface area contributed by atoms with E-state index in [4.69, 9.17) is 4.52 Å². The molecule has 3 saturated carbocycles. The van der Waals surface area contributed by atoms with Crippen molar-refractivity contribution in [3.05, 3.63) is 198 Å². The summed E-state index contributed by atoms with van der Waals surface area (Å²) in [4.78, 5) is 209. The molecule has 7 amide bonds. The van der Waals surface area contributed by atoms with Gasteiger partial charge in [0.2, 0.25) is 23.6 Å². The minimum Gasteiger partial charge on any atom is -0.361 e. The fourth-order valence-electron chi connectivity index (χ4n) is 16.4. The maximum atomic E-state index is 13.9. The van der Waals surface area contributed by atoms with Crippen molar-refractivity contribution in [3.8, 4) is 0 Å². The van der Waals surface area contributed by atoms with Crippen LogP contribution in [-0.4, -0.2) is 157 Å². The first-order chi connectivity index (χ1) is 60.0. The summed E-state index contributed by atoms with van der Waals surface area (Å²) in [6.45, 7) is 13.2. The topological polar surface area (TPSA) is 418 Å². The Labute approximate surface area is 832 Å². The van der Waals surface area contributed by atoms with Crippen LogP contribution in [0, 0.1) is 60.1 Å². The second-order valence-corrected chi connectivity index (χ2v) is 34.1. The summed E-state index contributed by atoms with van der Waals surface area (Å²) in [5.74, 6) is -5.92. The number of fused-ring (bicyclic) bond motifs is 2. The van der Waals surface area contributed by atoms with Gasteiger partial charge in [0, 0.05) is 112 Å². The largest absolute Gasteiger partial charge is 0.361 e. The number of rotatable bonds is 41. The van der Waals surface area contributed by atoms with Gasteiger partial charge in [-0.25, -0.2) is 14.4 Å². The van der Waals surface area contributed by atoms with Crippen LogP contribution in [0.1, 0.15) is 217 Å². The number of aryl methyl sites for hydroxylation is 1. The molecule has 5 aromatic carbocycles. The number of aldehydes is 3. The summed E-state index contributed by atoms with van der Waals surface area (Å²) in [7, 11) is 0. The van der Waals surface area contributed by atoms with Crippen LogP contribution in [-0.2, 0) is 76.8 Å². The number of carbonyl (C=O) groups is 15. The minimum atomic E-state index is -1.13. The zero-order chi connectivity index (χ0) is 90.1. The van der Waals surface area contributed by atoms with Crippen molar-refractivity contribution in [3.63, 3.8) is 0 Å². The number of nitrogens with zero attached hydrogens (tertiary/aromatic N) is 5. The van der Waals surface area contributed by atoms with Gasteiger partial charge in [0.15, 0.2) is 17.3 Å². The Balaban J connectivity index is 0.000000969. The third-order valence-corrected chi connectivity index (χ3v) is 22.8. The summed E-state index contributed by atoms with van der Waals surface area (Å²) in [6.07, 6.45) is 20.4. The number of carbonyl (C=O) groups excluding carboxylic acids is 15. The fourth-order valence-corrected chi connectivity index (χ4v) is 16.4. The molecule has 3 aliphatic carbocycles. The quantitative estimate of drug-likeness (QED) is 0.0175. The van der Waals surface area contributed by atoms with Gasteiger partial charge in [-0.15, -0.1) is 0 Å². The SMILES string of the molecule is CC(C)C[C@H](CC(=O)[C@H](Cc1cccc2ccccc12)NC(=O)c1cnccn1)C(=O)N[C@H](C=O)C[C@@H]1CCCC1=O.CC(C)C[C@H](CC(=O)[C@H](Cc1cccc2ccccc12)NC(=O)c1cnccn1)C(=O)N[C@H](C=O)C[C@@H]1CCCCC1=O.Cc1cc(C(=O)N[C@@H](Cc2ccc(F)cc2)C(=O)N[C@@H](CC(C)C)C(=O)NC(C=O)C[C@@H]2CCCCC2=O)no1.S.S.S.S.S.S.S.S. The average Bonchev–Trinajstić information content (AvgIpc) is 1.18. The van der Waals surface area contributed by atoms with Crippen molar-refractivity contribution in [2.45, 2.75) is 232 Å². The highest BCUT2D eigenvalue weighted by Crippen LogP contribution is 2.31. The van der Waals surface area contributed by atoms with E-state index in [0.717, 1.165) is 64.8 Å². The van der Waals surface area contributed by atoms with E-state index in [1.165, 1.54) is 67.5 Å². The molecule has 0 radical (unpaired) electrons. The molecule has 3 aliphatic rings. The van der Waals surface area contributed by atoms with Gasteiger partial charge >= 0.3 is 0 Å². The van der Waals surface area contributed by atoms with Crippen LogP contribution in [0.4, 0.5) is 4.39 Å². The smallest absolute Gasteiger partial charge is 0.274 e. The molecular formula is C96H131FN12O16S8.